The van der Waals surface area contributed by atoms with Crippen molar-refractivity contribution in [2.45, 2.75) is 59.4 Å². The Hall–Kier alpha value is -1.26. The molecular formula is C13H26N2O3. The molecule has 0 aromatic carbocycles. The maximum absolute atomic E-state index is 11.7. The molecule has 0 saturated heterocycles. The van der Waals surface area contributed by atoms with Crippen molar-refractivity contribution in [1.29, 1.82) is 0 Å². The number of carboxylic acid groups (broad SMARTS) is 1. The second-order valence-electron chi connectivity index (χ2n) is 5.34. The van der Waals surface area contributed by atoms with Crippen LogP contribution in [0, 0.1) is 5.41 Å². The molecule has 0 aliphatic rings. The molecule has 0 atom stereocenters. The van der Waals surface area contributed by atoms with Gasteiger partial charge < -0.3 is 15.7 Å². The quantitative estimate of drug-likeness (QED) is 0.656. The standard InChI is InChI=1S/C13H26N2O3/c1-6-12(4,5)15-11(18)14-9-13(7-2,8-3)10(16)17/h6-9H2,1-5H3,(H,16,17)(H2,14,15,18). The number of hydrogen-bond acceptors (Lipinski definition) is 2. The van der Waals surface area contributed by atoms with E-state index in [1.807, 2.05) is 34.6 Å². The van der Waals surface area contributed by atoms with Gasteiger partial charge in [-0.1, -0.05) is 20.8 Å². The number of carbonyl (C=O) groups is 2. The third-order valence-electron chi connectivity index (χ3n) is 3.73. The first-order valence-corrected chi connectivity index (χ1v) is 6.52. The van der Waals surface area contributed by atoms with E-state index in [4.69, 9.17) is 0 Å². The number of nitrogens with one attached hydrogen (secondary N) is 2. The van der Waals surface area contributed by atoms with Crippen LogP contribution in [-0.2, 0) is 4.79 Å². The topological polar surface area (TPSA) is 78.4 Å². The Morgan fingerprint density at radius 3 is 1.89 bits per heavy atom. The van der Waals surface area contributed by atoms with Crippen LogP contribution in [0.1, 0.15) is 53.9 Å². The van der Waals surface area contributed by atoms with E-state index < -0.39 is 11.4 Å². The number of hydrogen-bond donors (Lipinski definition) is 3. The second kappa shape index (κ2) is 6.61. The zero-order valence-electron chi connectivity index (χ0n) is 12.1. The van der Waals surface area contributed by atoms with Crippen LogP contribution in [0.3, 0.4) is 0 Å². The van der Waals surface area contributed by atoms with Gasteiger partial charge >= 0.3 is 12.0 Å². The average molecular weight is 258 g/mol. The predicted octanol–water partition coefficient (Wildman–Crippen LogP) is 2.37. The Balaban J connectivity index is 4.46. The molecule has 0 unspecified atom stereocenters. The molecule has 0 aliphatic carbocycles. The molecule has 0 radical (unpaired) electrons. The summed E-state index contributed by atoms with van der Waals surface area (Å²) in [6.45, 7) is 9.65. The van der Waals surface area contributed by atoms with Crippen LogP contribution >= 0.6 is 0 Å². The van der Waals surface area contributed by atoms with Gasteiger partial charge in [0.15, 0.2) is 0 Å². The van der Waals surface area contributed by atoms with Gasteiger partial charge in [-0.3, -0.25) is 4.79 Å². The average Bonchev–Trinajstić information content (AvgIpc) is 2.30. The van der Waals surface area contributed by atoms with Crippen molar-refractivity contribution < 1.29 is 14.7 Å². The maximum Gasteiger partial charge on any atom is 0.315 e. The van der Waals surface area contributed by atoms with Crippen molar-refractivity contribution in [3.05, 3.63) is 0 Å². The van der Waals surface area contributed by atoms with Crippen molar-refractivity contribution >= 4 is 12.0 Å². The Morgan fingerprint density at radius 1 is 1.06 bits per heavy atom. The van der Waals surface area contributed by atoms with Crippen LogP contribution in [0.15, 0.2) is 0 Å². The van der Waals surface area contributed by atoms with Gasteiger partial charge in [-0.15, -0.1) is 0 Å². The molecular weight excluding hydrogens is 232 g/mol. The lowest BCUT2D eigenvalue weighted by Gasteiger charge is -2.29. The summed E-state index contributed by atoms with van der Waals surface area (Å²) in [5.74, 6) is -0.859. The number of carbonyl (C=O) groups excluding carboxylic acids is 1. The van der Waals surface area contributed by atoms with Crippen molar-refractivity contribution in [2.75, 3.05) is 6.54 Å². The van der Waals surface area contributed by atoms with E-state index in [1.54, 1.807) is 0 Å². The van der Waals surface area contributed by atoms with E-state index in [0.717, 1.165) is 6.42 Å². The molecule has 0 bridgehead atoms. The summed E-state index contributed by atoms with van der Waals surface area (Å²) in [6.07, 6.45) is 1.80. The molecule has 106 valence electrons. The highest BCUT2D eigenvalue weighted by atomic mass is 16.4. The van der Waals surface area contributed by atoms with Gasteiger partial charge in [-0.2, -0.15) is 0 Å². The van der Waals surface area contributed by atoms with Gasteiger partial charge in [0.25, 0.3) is 0 Å². The number of carboxylic acids is 1. The number of urea groups is 1. The highest BCUT2D eigenvalue weighted by molar-refractivity contribution is 5.78. The summed E-state index contributed by atoms with van der Waals surface area (Å²) in [6, 6.07) is -0.311. The first kappa shape index (κ1) is 16.7. The SMILES string of the molecule is CCC(C)(C)NC(=O)NCC(CC)(CC)C(=O)O. The lowest BCUT2D eigenvalue weighted by Crippen LogP contribution is -2.51. The molecule has 2 amide bonds. The number of amides is 2. The van der Waals surface area contributed by atoms with E-state index in [1.165, 1.54) is 0 Å². The summed E-state index contributed by atoms with van der Waals surface area (Å²) in [5.41, 5.74) is -1.15. The molecule has 3 N–H and O–H groups in total. The van der Waals surface area contributed by atoms with Crippen LogP contribution < -0.4 is 10.6 Å². The molecule has 0 aliphatic heterocycles. The minimum absolute atomic E-state index is 0.154. The molecule has 5 nitrogen and oxygen atoms in total. The van der Waals surface area contributed by atoms with Gasteiger partial charge in [-0.25, -0.2) is 4.79 Å². The summed E-state index contributed by atoms with van der Waals surface area (Å²) in [4.78, 5) is 23.0. The Bertz CT molecular complexity index is 297. The fourth-order valence-corrected chi connectivity index (χ4v) is 1.57. The molecule has 5 heteroatoms. The molecule has 0 saturated carbocycles. The molecule has 0 fully saturated rings. The molecule has 0 heterocycles. The van der Waals surface area contributed by atoms with E-state index in [2.05, 4.69) is 10.6 Å². The Labute approximate surface area is 109 Å². The highest BCUT2D eigenvalue weighted by Crippen LogP contribution is 2.25. The molecule has 0 spiro atoms. The van der Waals surface area contributed by atoms with E-state index >= 15 is 0 Å². The van der Waals surface area contributed by atoms with Crippen molar-refractivity contribution in [3.8, 4) is 0 Å². The van der Waals surface area contributed by atoms with E-state index in [0.29, 0.717) is 12.8 Å². The second-order valence-corrected chi connectivity index (χ2v) is 5.34. The van der Waals surface area contributed by atoms with Crippen LogP contribution in [0.2, 0.25) is 0 Å². The van der Waals surface area contributed by atoms with Crippen LogP contribution in [0.25, 0.3) is 0 Å². The number of rotatable bonds is 7. The lowest BCUT2D eigenvalue weighted by atomic mass is 9.82. The maximum atomic E-state index is 11.7. The van der Waals surface area contributed by atoms with Gasteiger partial charge in [-0.05, 0) is 33.1 Å². The first-order chi connectivity index (χ1) is 8.23. The van der Waals surface area contributed by atoms with Crippen LogP contribution in [0.4, 0.5) is 4.79 Å². The minimum Gasteiger partial charge on any atom is -0.481 e. The summed E-state index contributed by atoms with van der Waals surface area (Å²) < 4.78 is 0. The smallest absolute Gasteiger partial charge is 0.315 e. The van der Waals surface area contributed by atoms with Gasteiger partial charge in [0.1, 0.15) is 0 Å². The monoisotopic (exact) mass is 258 g/mol. The van der Waals surface area contributed by atoms with Crippen LogP contribution in [-0.4, -0.2) is 29.2 Å². The van der Waals surface area contributed by atoms with Gasteiger partial charge in [0, 0.05) is 12.1 Å². The lowest BCUT2D eigenvalue weighted by molar-refractivity contribution is -0.149. The zero-order valence-corrected chi connectivity index (χ0v) is 12.1. The fraction of sp³-hybridized carbons (Fsp3) is 0.846. The zero-order chi connectivity index (χ0) is 14.4. The van der Waals surface area contributed by atoms with Crippen molar-refractivity contribution in [1.82, 2.24) is 10.6 Å². The molecule has 0 aromatic heterocycles. The highest BCUT2D eigenvalue weighted by Gasteiger charge is 2.35. The fourth-order valence-electron chi connectivity index (χ4n) is 1.57. The Kier molecular flexibility index (Phi) is 6.15. The summed E-state index contributed by atoms with van der Waals surface area (Å²) >= 11 is 0. The van der Waals surface area contributed by atoms with Crippen molar-refractivity contribution in [2.24, 2.45) is 5.41 Å². The summed E-state index contributed by atoms with van der Waals surface area (Å²) in [7, 11) is 0. The molecule has 0 rings (SSSR count). The normalized spacial score (nSPS) is 12.1. The van der Waals surface area contributed by atoms with Gasteiger partial charge in [0.2, 0.25) is 0 Å². The minimum atomic E-state index is -0.867. The Morgan fingerprint density at radius 2 is 1.56 bits per heavy atom. The predicted molar refractivity (Wildman–Crippen MR) is 71.6 cm³/mol. The van der Waals surface area contributed by atoms with E-state index in [9.17, 15) is 14.7 Å². The van der Waals surface area contributed by atoms with Crippen molar-refractivity contribution in [3.63, 3.8) is 0 Å². The molecule has 0 aromatic rings. The molecule has 18 heavy (non-hydrogen) atoms. The van der Waals surface area contributed by atoms with Gasteiger partial charge in [0.05, 0.1) is 5.41 Å². The largest absolute Gasteiger partial charge is 0.481 e. The number of aliphatic carboxylic acids is 1. The third-order valence-corrected chi connectivity index (χ3v) is 3.73. The third kappa shape index (κ3) is 4.55. The van der Waals surface area contributed by atoms with E-state index in [-0.39, 0.29) is 18.1 Å². The first-order valence-electron chi connectivity index (χ1n) is 6.52. The summed E-state index contributed by atoms with van der Waals surface area (Å²) in [5, 5.41) is 14.7. The van der Waals surface area contributed by atoms with Crippen LogP contribution in [0.5, 0.6) is 0 Å².